The quantitative estimate of drug-likeness (QED) is 0.677. The number of nitrogens with one attached hydrogen (secondary N) is 2. The van der Waals surface area contributed by atoms with E-state index in [2.05, 4.69) is 23.3 Å². The number of hydrogen-bond acceptors (Lipinski definition) is 2. The number of hydrogen-bond donors (Lipinski definition) is 2. The Bertz CT molecular complexity index is 448. The zero-order valence-electron chi connectivity index (χ0n) is 9.88. The van der Waals surface area contributed by atoms with Crippen molar-refractivity contribution in [3.05, 3.63) is 36.0 Å². The number of allylic oxidation sites excluding steroid dienone is 4. The molecule has 17 heavy (non-hydrogen) atoms. The van der Waals surface area contributed by atoms with E-state index in [1.54, 1.807) is 6.08 Å². The van der Waals surface area contributed by atoms with Crippen LogP contribution in [0.15, 0.2) is 36.0 Å². The Morgan fingerprint density at radius 2 is 2.12 bits per heavy atom. The standard InChI is InChI=1S/C13H16N2O2/c1-3-5-10-8-13(7-6-9(10)4-2)11(16)14-12(17)15-13/h3-5H,1,6-8H2,2H3,(H2,14,15,16,17)/b9-4-,10-5-. The van der Waals surface area contributed by atoms with E-state index in [0.717, 1.165) is 12.0 Å². The van der Waals surface area contributed by atoms with Gasteiger partial charge in [-0.05, 0) is 30.9 Å². The maximum absolute atomic E-state index is 11.8. The fourth-order valence-corrected chi connectivity index (χ4v) is 2.50. The van der Waals surface area contributed by atoms with Gasteiger partial charge in [0.2, 0.25) is 0 Å². The van der Waals surface area contributed by atoms with Gasteiger partial charge >= 0.3 is 6.03 Å². The Balaban J connectivity index is 2.31. The molecule has 2 fully saturated rings. The van der Waals surface area contributed by atoms with Crippen LogP contribution in [0.2, 0.25) is 0 Å². The molecule has 1 aliphatic carbocycles. The lowest BCUT2D eigenvalue weighted by atomic mass is 9.76. The Morgan fingerprint density at radius 3 is 2.65 bits per heavy atom. The summed E-state index contributed by atoms with van der Waals surface area (Å²) in [6.45, 7) is 5.66. The lowest BCUT2D eigenvalue weighted by molar-refractivity contribution is -0.124. The highest BCUT2D eigenvalue weighted by atomic mass is 16.2. The summed E-state index contributed by atoms with van der Waals surface area (Å²) in [5.41, 5.74) is 1.55. The van der Waals surface area contributed by atoms with Gasteiger partial charge in [0.05, 0.1) is 0 Å². The number of carbonyl (C=O) groups excluding carboxylic acids is 2. The van der Waals surface area contributed by atoms with Crippen LogP contribution in [0.1, 0.15) is 26.2 Å². The van der Waals surface area contributed by atoms with Crippen LogP contribution in [0.3, 0.4) is 0 Å². The zero-order chi connectivity index (χ0) is 12.5. The van der Waals surface area contributed by atoms with Crippen LogP contribution in [-0.2, 0) is 4.79 Å². The molecule has 0 aromatic rings. The van der Waals surface area contributed by atoms with Crippen LogP contribution in [-0.4, -0.2) is 17.5 Å². The lowest BCUT2D eigenvalue weighted by Gasteiger charge is -2.33. The van der Waals surface area contributed by atoms with Crippen molar-refractivity contribution in [2.75, 3.05) is 0 Å². The minimum absolute atomic E-state index is 0.215. The predicted octanol–water partition coefficient (Wildman–Crippen LogP) is 1.81. The van der Waals surface area contributed by atoms with Gasteiger partial charge in [0.25, 0.3) is 5.91 Å². The molecule has 1 saturated carbocycles. The van der Waals surface area contributed by atoms with Crippen LogP contribution < -0.4 is 10.6 Å². The zero-order valence-corrected chi connectivity index (χ0v) is 9.88. The molecule has 1 atom stereocenters. The molecule has 4 nitrogen and oxygen atoms in total. The third-order valence-corrected chi connectivity index (χ3v) is 3.41. The first-order chi connectivity index (χ1) is 8.11. The van der Waals surface area contributed by atoms with Crippen molar-refractivity contribution in [1.29, 1.82) is 0 Å². The molecule has 3 amide bonds. The van der Waals surface area contributed by atoms with Gasteiger partial charge in [0, 0.05) is 6.42 Å². The largest absolute Gasteiger partial charge is 0.323 e. The van der Waals surface area contributed by atoms with Crippen molar-refractivity contribution in [1.82, 2.24) is 10.6 Å². The summed E-state index contributed by atoms with van der Waals surface area (Å²) in [4.78, 5) is 23.1. The van der Waals surface area contributed by atoms with E-state index in [1.165, 1.54) is 5.57 Å². The highest BCUT2D eigenvalue weighted by Crippen LogP contribution is 2.37. The summed E-state index contributed by atoms with van der Waals surface area (Å²) >= 11 is 0. The van der Waals surface area contributed by atoms with Gasteiger partial charge in [-0.3, -0.25) is 10.1 Å². The first-order valence-corrected chi connectivity index (χ1v) is 5.72. The molecule has 1 heterocycles. The minimum atomic E-state index is -0.752. The van der Waals surface area contributed by atoms with E-state index in [-0.39, 0.29) is 5.91 Å². The second-order valence-electron chi connectivity index (χ2n) is 4.41. The Labute approximate surface area is 100 Å². The van der Waals surface area contributed by atoms with Crippen LogP contribution in [0.4, 0.5) is 4.79 Å². The van der Waals surface area contributed by atoms with Crippen molar-refractivity contribution in [3.63, 3.8) is 0 Å². The molecule has 1 aliphatic heterocycles. The number of rotatable bonds is 1. The second kappa shape index (κ2) is 4.20. The van der Waals surface area contributed by atoms with Gasteiger partial charge in [-0.25, -0.2) is 4.79 Å². The smallest absolute Gasteiger partial charge is 0.322 e. The number of amides is 3. The van der Waals surface area contributed by atoms with Crippen molar-refractivity contribution in [2.24, 2.45) is 0 Å². The molecular formula is C13H16N2O2. The molecule has 2 aliphatic rings. The van der Waals surface area contributed by atoms with E-state index in [0.29, 0.717) is 12.8 Å². The van der Waals surface area contributed by atoms with E-state index in [4.69, 9.17) is 0 Å². The molecular weight excluding hydrogens is 216 g/mol. The van der Waals surface area contributed by atoms with E-state index in [1.807, 2.05) is 13.0 Å². The SMILES string of the molecule is C=C/C=C1/CC2(CC/C1=C/C)NC(=O)NC2=O. The topological polar surface area (TPSA) is 58.2 Å². The molecule has 4 heteroatoms. The summed E-state index contributed by atoms with van der Waals surface area (Å²) in [5, 5.41) is 5.06. The van der Waals surface area contributed by atoms with Crippen LogP contribution in [0.25, 0.3) is 0 Å². The van der Waals surface area contributed by atoms with Crippen molar-refractivity contribution in [2.45, 2.75) is 31.7 Å². The molecule has 0 radical (unpaired) electrons. The summed E-state index contributed by atoms with van der Waals surface area (Å²) in [7, 11) is 0. The fourth-order valence-electron chi connectivity index (χ4n) is 2.50. The van der Waals surface area contributed by atoms with Crippen LogP contribution in [0, 0.1) is 0 Å². The van der Waals surface area contributed by atoms with Crippen LogP contribution in [0.5, 0.6) is 0 Å². The molecule has 2 N–H and O–H groups in total. The van der Waals surface area contributed by atoms with Crippen molar-refractivity contribution in [3.8, 4) is 0 Å². The molecule has 0 aromatic heterocycles. The summed E-state index contributed by atoms with van der Waals surface area (Å²) in [5.74, 6) is -0.215. The first kappa shape index (κ1) is 11.6. The third kappa shape index (κ3) is 1.90. The van der Waals surface area contributed by atoms with Crippen LogP contribution >= 0.6 is 0 Å². The summed E-state index contributed by atoms with van der Waals surface area (Å²) < 4.78 is 0. The van der Waals surface area contributed by atoms with Crippen molar-refractivity contribution < 1.29 is 9.59 Å². The normalized spacial score (nSPS) is 33.0. The maximum atomic E-state index is 11.8. The van der Waals surface area contributed by atoms with Gasteiger partial charge in [0.15, 0.2) is 0 Å². The monoisotopic (exact) mass is 232 g/mol. The van der Waals surface area contributed by atoms with Gasteiger partial charge in [0.1, 0.15) is 5.54 Å². The van der Waals surface area contributed by atoms with Gasteiger partial charge < -0.3 is 5.32 Å². The van der Waals surface area contributed by atoms with Gasteiger partial charge in [-0.1, -0.05) is 24.8 Å². The molecule has 0 aromatic carbocycles. The highest BCUT2D eigenvalue weighted by molar-refractivity contribution is 6.07. The molecule has 2 rings (SSSR count). The summed E-state index contributed by atoms with van der Waals surface area (Å²) in [6, 6.07) is -0.392. The average Bonchev–Trinajstić information content (AvgIpc) is 2.55. The Kier molecular flexibility index (Phi) is 2.88. The molecule has 1 unspecified atom stereocenters. The predicted molar refractivity (Wildman–Crippen MR) is 65.3 cm³/mol. The first-order valence-electron chi connectivity index (χ1n) is 5.72. The number of urea groups is 1. The second-order valence-corrected chi connectivity index (χ2v) is 4.41. The molecule has 1 saturated heterocycles. The van der Waals surface area contributed by atoms with E-state index < -0.39 is 11.6 Å². The van der Waals surface area contributed by atoms with E-state index in [9.17, 15) is 9.59 Å². The average molecular weight is 232 g/mol. The Morgan fingerprint density at radius 1 is 1.35 bits per heavy atom. The van der Waals surface area contributed by atoms with Crippen molar-refractivity contribution >= 4 is 11.9 Å². The highest BCUT2D eigenvalue weighted by Gasteiger charge is 2.48. The molecule has 1 spiro atoms. The lowest BCUT2D eigenvalue weighted by Crippen LogP contribution is -2.49. The van der Waals surface area contributed by atoms with Gasteiger partial charge in [-0.2, -0.15) is 0 Å². The fraction of sp³-hybridized carbons (Fsp3) is 0.385. The third-order valence-electron chi connectivity index (χ3n) is 3.41. The Hall–Kier alpha value is -1.84. The minimum Gasteiger partial charge on any atom is -0.323 e. The number of imide groups is 1. The molecule has 90 valence electrons. The van der Waals surface area contributed by atoms with E-state index >= 15 is 0 Å². The summed E-state index contributed by atoms with van der Waals surface area (Å²) in [6.07, 6.45) is 7.66. The van der Waals surface area contributed by atoms with Gasteiger partial charge in [-0.15, -0.1) is 0 Å². The molecule has 0 bridgehead atoms. The number of carbonyl (C=O) groups is 2. The maximum Gasteiger partial charge on any atom is 0.322 e.